The van der Waals surface area contributed by atoms with Gasteiger partial charge in [0.25, 0.3) is 0 Å². The highest BCUT2D eigenvalue weighted by atomic mass is 79.9. The zero-order valence-corrected chi connectivity index (χ0v) is 24.7. The lowest BCUT2D eigenvalue weighted by Crippen LogP contribution is -2.36. The van der Waals surface area contributed by atoms with Crippen molar-refractivity contribution in [3.63, 3.8) is 0 Å². The summed E-state index contributed by atoms with van der Waals surface area (Å²) in [5.41, 5.74) is 0. The van der Waals surface area contributed by atoms with Gasteiger partial charge in [-0.3, -0.25) is 0 Å². The highest BCUT2D eigenvalue weighted by Crippen LogP contribution is 1.98. The first-order valence-electron chi connectivity index (χ1n) is 14.1. The second kappa shape index (κ2) is 33.5. The van der Waals surface area contributed by atoms with Crippen LogP contribution in [0.2, 0.25) is 0 Å². The van der Waals surface area contributed by atoms with Crippen LogP contribution in [0.5, 0.6) is 0 Å². The number of amides is 4. The molecule has 0 spiro atoms. The number of aliphatic hydroxyl groups is 1. The summed E-state index contributed by atoms with van der Waals surface area (Å²) in [6.45, 7) is 7.58. The third-order valence-electron chi connectivity index (χ3n) is 5.20. The normalized spacial score (nSPS) is 10.8. The number of nitrogens with one attached hydrogen (secondary N) is 4. The molecule has 0 aliphatic rings. The van der Waals surface area contributed by atoms with Crippen LogP contribution in [0, 0.1) is 0 Å². The van der Waals surface area contributed by atoms with Crippen molar-refractivity contribution in [3.05, 3.63) is 24.3 Å². The Balaban J connectivity index is 0. The van der Waals surface area contributed by atoms with Gasteiger partial charge in [-0.2, -0.15) is 0 Å². The number of hydrogen-bond donors (Lipinski definition) is 5. The maximum Gasteiger partial charge on any atom is 0.314 e. The quantitative estimate of drug-likeness (QED) is 0.0573. The second-order valence-electron chi connectivity index (χ2n) is 8.70. The molecule has 0 bridgehead atoms. The zero-order chi connectivity index (χ0) is 27.0. The Bertz CT molecular complexity index is 485. The fourth-order valence-electron chi connectivity index (χ4n) is 3.07. The van der Waals surface area contributed by atoms with Gasteiger partial charge >= 0.3 is 12.1 Å². The summed E-state index contributed by atoms with van der Waals surface area (Å²) in [6.07, 6.45) is 23.5. The molecule has 0 saturated heterocycles. The van der Waals surface area contributed by atoms with E-state index in [9.17, 15) is 9.59 Å². The summed E-state index contributed by atoms with van der Waals surface area (Å²) >= 11 is 3.38. The van der Waals surface area contributed by atoms with Crippen LogP contribution in [-0.2, 0) is 0 Å². The van der Waals surface area contributed by atoms with Gasteiger partial charge in [0.05, 0.1) is 0 Å². The molecule has 0 radical (unpaired) electrons. The van der Waals surface area contributed by atoms with Crippen molar-refractivity contribution in [2.24, 2.45) is 0 Å². The van der Waals surface area contributed by atoms with Crippen molar-refractivity contribution in [1.29, 1.82) is 0 Å². The fourth-order valence-corrected chi connectivity index (χ4v) is 3.33. The number of halogens is 1. The number of rotatable bonds is 22. The van der Waals surface area contributed by atoms with E-state index in [0.717, 1.165) is 95.7 Å². The average Bonchev–Trinajstić information content (AvgIpc) is 2.88. The van der Waals surface area contributed by atoms with E-state index in [1.54, 1.807) is 0 Å². The average molecular weight is 576 g/mol. The topological polar surface area (TPSA) is 102 Å². The third-order valence-corrected chi connectivity index (χ3v) is 5.66. The minimum absolute atomic E-state index is 0.0269. The predicted molar refractivity (Wildman–Crippen MR) is 158 cm³/mol. The van der Waals surface area contributed by atoms with Crippen LogP contribution in [-0.4, -0.2) is 55.3 Å². The first-order chi connectivity index (χ1) is 17.6. The molecule has 5 N–H and O–H groups in total. The lowest BCUT2D eigenvalue weighted by Gasteiger charge is -2.06. The van der Waals surface area contributed by atoms with Crippen molar-refractivity contribution in [3.8, 4) is 0 Å². The van der Waals surface area contributed by atoms with Crippen LogP contribution in [0.25, 0.3) is 0 Å². The molecule has 4 amide bonds. The monoisotopic (exact) mass is 574 g/mol. The number of unbranched alkanes of at least 4 members (excludes halogenated alkanes) is 8. The molecule has 36 heavy (non-hydrogen) atoms. The molecule has 8 heteroatoms. The highest BCUT2D eigenvalue weighted by molar-refractivity contribution is 9.09. The summed E-state index contributed by atoms with van der Waals surface area (Å²) in [6, 6.07) is -0.0807. The number of aliphatic hydroxyl groups excluding tert-OH is 1. The third kappa shape index (κ3) is 34.6. The van der Waals surface area contributed by atoms with E-state index in [0.29, 0.717) is 0 Å². The van der Waals surface area contributed by atoms with Crippen LogP contribution in [0.15, 0.2) is 24.3 Å². The molecule has 0 aliphatic heterocycles. The molecule has 0 aliphatic carbocycles. The minimum atomic E-state index is -0.0538. The SMILES string of the molecule is CCCCCNC(=O)NCCCC/C=C\CCBr.CCCCCNC(=O)NCCCC/C=C\CCO. The van der Waals surface area contributed by atoms with E-state index in [1.165, 1.54) is 25.7 Å². The fraction of sp³-hybridized carbons (Fsp3) is 0.786. The van der Waals surface area contributed by atoms with Crippen LogP contribution in [0.3, 0.4) is 0 Å². The number of carbonyl (C=O) groups excluding carboxylic acids is 2. The first kappa shape index (κ1) is 36.6. The molecule has 0 fully saturated rings. The van der Waals surface area contributed by atoms with Gasteiger partial charge in [0.15, 0.2) is 0 Å². The smallest absolute Gasteiger partial charge is 0.314 e. The zero-order valence-electron chi connectivity index (χ0n) is 23.1. The van der Waals surface area contributed by atoms with Gasteiger partial charge in [-0.15, -0.1) is 0 Å². The summed E-state index contributed by atoms with van der Waals surface area (Å²) in [5, 5.41) is 21.0. The number of urea groups is 2. The number of alkyl halides is 1. The maximum absolute atomic E-state index is 11.3. The first-order valence-corrected chi connectivity index (χ1v) is 15.2. The van der Waals surface area contributed by atoms with Crippen LogP contribution >= 0.6 is 15.9 Å². The van der Waals surface area contributed by atoms with Crippen LogP contribution in [0.4, 0.5) is 9.59 Å². The number of allylic oxidation sites excluding steroid dienone is 3. The Labute approximate surface area is 229 Å². The van der Waals surface area contributed by atoms with Crippen molar-refractivity contribution in [2.75, 3.05) is 38.1 Å². The Morgan fingerprint density at radius 3 is 1.31 bits per heavy atom. The summed E-state index contributed by atoms with van der Waals surface area (Å²) in [4.78, 5) is 22.7. The van der Waals surface area contributed by atoms with Crippen LogP contribution < -0.4 is 21.3 Å². The van der Waals surface area contributed by atoms with Gasteiger partial charge in [0, 0.05) is 38.1 Å². The van der Waals surface area contributed by atoms with E-state index >= 15 is 0 Å². The van der Waals surface area contributed by atoms with Crippen LogP contribution in [0.1, 0.15) is 104 Å². The molecular weight excluding hydrogens is 520 g/mol. The molecule has 0 aromatic rings. The molecule has 0 rings (SSSR count). The Kier molecular flexibility index (Phi) is 34.0. The van der Waals surface area contributed by atoms with E-state index in [-0.39, 0.29) is 18.7 Å². The lowest BCUT2D eigenvalue weighted by molar-refractivity contribution is 0.239. The Hall–Kier alpha value is -1.54. The summed E-state index contributed by atoms with van der Waals surface area (Å²) < 4.78 is 0. The van der Waals surface area contributed by atoms with Gasteiger partial charge in [0.1, 0.15) is 0 Å². The molecular formula is C28H55BrN4O3. The van der Waals surface area contributed by atoms with Gasteiger partial charge in [-0.25, -0.2) is 9.59 Å². The molecule has 0 aromatic carbocycles. The second-order valence-corrected chi connectivity index (χ2v) is 9.50. The molecule has 7 nitrogen and oxygen atoms in total. The summed E-state index contributed by atoms with van der Waals surface area (Å²) in [7, 11) is 0. The van der Waals surface area contributed by atoms with E-state index < -0.39 is 0 Å². The van der Waals surface area contributed by atoms with Crippen molar-refractivity contribution in [1.82, 2.24) is 21.3 Å². The number of hydrogen-bond acceptors (Lipinski definition) is 3. The largest absolute Gasteiger partial charge is 0.396 e. The van der Waals surface area contributed by atoms with E-state index in [1.807, 2.05) is 6.08 Å². The van der Waals surface area contributed by atoms with E-state index in [4.69, 9.17) is 5.11 Å². The molecule has 0 atom stereocenters. The summed E-state index contributed by atoms with van der Waals surface area (Å²) in [5.74, 6) is 0. The minimum Gasteiger partial charge on any atom is -0.396 e. The highest BCUT2D eigenvalue weighted by Gasteiger charge is 1.98. The van der Waals surface area contributed by atoms with Crippen molar-refractivity contribution >= 4 is 28.0 Å². The molecule has 212 valence electrons. The Morgan fingerprint density at radius 2 is 0.944 bits per heavy atom. The van der Waals surface area contributed by atoms with E-state index in [2.05, 4.69) is 69.3 Å². The standard InChI is InChI=1S/C14H27BrN2O.C14H28N2O2/c1-2-3-9-12-16-14(18)17-13-10-7-5-4-6-8-11-15;1-2-3-8-11-15-14(18)16-12-9-6-4-5-7-10-13-17/h4,6H,2-3,5,7-13H2,1H3,(H2,16,17,18);5,7,17H,2-4,6,8-13H2,1H3,(H2,15,16,18)/b6-4-;7-5-. The molecule has 0 unspecified atom stereocenters. The Morgan fingerprint density at radius 1 is 0.583 bits per heavy atom. The predicted octanol–water partition coefficient (Wildman–Crippen LogP) is 6.57. The van der Waals surface area contributed by atoms with Gasteiger partial charge in [-0.1, -0.05) is 79.8 Å². The van der Waals surface area contributed by atoms with Gasteiger partial charge in [0.2, 0.25) is 0 Å². The molecule has 0 heterocycles. The number of carbonyl (C=O) groups is 2. The molecule has 0 saturated carbocycles. The lowest BCUT2D eigenvalue weighted by atomic mass is 10.2. The van der Waals surface area contributed by atoms with Crippen molar-refractivity contribution < 1.29 is 14.7 Å². The molecule has 0 aromatic heterocycles. The van der Waals surface area contributed by atoms with Gasteiger partial charge in [-0.05, 0) is 64.2 Å². The maximum atomic E-state index is 11.3. The van der Waals surface area contributed by atoms with Gasteiger partial charge < -0.3 is 26.4 Å². The van der Waals surface area contributed by atoms with Crippen molar-refractivity contribution in [2.45, 2.75) is 104 Å².